The second kappa shape index (κ2) is 10.8. The van der Waals surface area contributed by atoms with Crippen molar-refractivity contribution in [2.24, 2.45) is 0 Å². The van der Waals surface area contributed by atoms with Gasteiger partial charge < -0.3 is 13.7 Å². The zero-order valence-corrected chi connectivity index (χ0v) is 20.8. The van der Waals surface area contributed by atoms with Crippen molar-refractivity contribution in [3.8, 4) is 11.5 Å². The van der Waals surface area contributed by atoms with E-state index in [0.717, 1.165) is 17.0 Å². The third-order valence-corrected chi connectivity index (χ3v) is 6.73. The number of esters is 1. The quantitative estimate of drug-likeness (QED) is 0.152. The summed E-state index contributed by atoms with van der Waals surface area (Å²) in [7, 11) is -3.34. The van der Waals surface area contributed by atoms with Crippen molar-refractivity contribution >= 4 is 50.8 Å². The molecule has 0 aliphatic carbocycles. The Morgan fingerprint density at radius 1 is 1.17 bits per heavy atom. The Hall–Kier alpha value is -3.91. The monoisotopic (exact) mass is 536 g/mol. The van der Waals surface area contributed by atoms with Crippen LogP contribution in [0.3, 0.4) is 0 Å². The van der Waals surface area contributed by atoms with E-state index in [0.29, 0.717) is 17.3 Å². The van der Waals surface area contributed by atoms with Crippen molar-refractivity contribution in [1.82, 2.24) is 4.90 Å². The molecule has 3 rings (SSSR count). The minimum absolute atomic E-state index is 0.0283. The van der Waals surface area contributed by atoms with Crippen LogP contribution < -0.4 is 8.92 Å². The highest BCUT2D eigenvalue weighted by molar-refractivity contribution is 8.18. The van der Waals surface area contributed by atoms with Gasteiger partial charge in [-0.15, -0.1) is 0 Å². The lowest BCUT2D eigenvalue weighted by atomic mass is 10.2. The number of thioether (sulfide) groups is 1. The number of benzene rings is 2. The van der Waals surface area contributed by atoms with Crippen LogP contribution >= 0.6 is 11.8 Å². The molecule has 190 valence electrons. The Bertz CT molecular complexity index is 1370. The van der Waals surface area contributed by atoms with Gasteiger partial charge in [0.25, 0.3) is 16.8 Å². The first-order chi connectivity index (χ1) is 16.9. The minimum atomic E-state index is -4.59. The molecule has 1 aliphatic heterocycles. The molecule has 0 N–H and O–H groups in total. The number of methoxy groups -OCH3 is 1. The topological polar surface area (TPSA) is 159 Å². The smallest absolute Gasteiger partial charge is 0.346 e. The van der Waals surface area contributed by atoms with E-state index in [2.05, 4.69) is 0 Å². The van der Waals surface area contributed by atoms with Gasteiger partial charge in [0.05, 0.1) is 23.0 Å². The van der Waals surface area contributed by atoms with E-state index in [-0.39, 0.29) is 16.4 Å². The summed E-state index contributed by atoms with van der Waals surface area (Å²) in [5.74, 6) is -1.72. The molecule has 0 unspecified atom stereocenters. The highest BCUT2D eigenvalue weighted by Gasteiger charge is 2.37. The molecule has 2 amide bonds. The molecular formula is C22H20N2O10S2. The lowest BCUT2D eigenvalue weighted by Crippen LogP contribution is -2.35. The number of ether oxygens (including phenoxy) is 2. The van der Waals surface area contributed by atoms with Gasteiger partial charge >= 0.3 is 16.1 Å². The molecule has 1 aliphatic rings. The Labute approximate surface area is 210 Å². The molecular weight excluding hydrogens is 516 g/mol. The van der Waals surface area contributed by atoms with Gasteiger partial charge in [0.15, 0.2) is 16.4 Å². The third kappa shape index (κ3) is 6.01. The second-order valence-corrected chi connectivity index (χ2v) is 9.99. The molecule has 36 heavy (non-hydrogen) atoms. The van der Waals surface area contributed by atoms with Crippen molar-refractivity contribution in [3.63, 3.8) is 0 Å². The summed E-state index contributed by atoms with van der Waals surface area (Å²) >= 11 is 0.626. The van der Waals surface area contributed by atoms with E-state index in [9.17, 15) is 32.9 Å². The molecule has 0 saturated carbocycles. The van der Waals surface area contributed by atoms with Gasteiger partial charge in [-0.05, 0) is 55.4 Å². The maximum atomic E-state index is 12.7. The standard InChI is InChI=1S/C22H20N2O10S2/c1-13(2)33-20(25)12-23-21(26)18(35-22(23)27)11-14-8-9-16(17(10-14)32-3)34-36(30,31)19-7-5-4-6-15(19)24(28)29/h4-11,13H,12H2,1-3H3/b18-11-. The fraction of sp³-hybridized carbons (Fsp3) is 0.227. The molecule has 1 saturated heterocycles. The average Bonchev–Trinajstić information content (AvgIpc) is 3.06. The van der Waals surface area contributed by atoms with Crippen LogP contribution in [0, 0.1) is 10.1 Å². The summed E-state index contributed by atoms with van der Waals surface area (Å²) in [4.78, 5) is 47.2. The van der Waals surface area contributed by atoms with E-state index >= 15 is 0 Å². The number of para-hydroxylation sites is 1. The van der Waals surface area contributed by atoms with Crippen molar-refractivity contribution in [2.75, 3.05) is 13.7 Å². The molecule has 1 heterocycles. The molecule has 0 atom stereocenters. The Balaban J connectivity index is 1.84. The zero-order valence-electron chi connectivity index (χ0n) is 19.2. The molecule has 2 aromatic rings. The predicted octanol–water partition coefficient (Wildman–Crippen LogP) is 3.36. The first kappa shape index (κ1) is 26.7. The number of nitro benzene ring substituents is 1. The first-order valence-electron chi connectivity index (χ1n) is 10.2. The van der Waals surface area contributed by atoms with Gasteiger partial charge in [-0.2, -0.15) is 8.42 Å². The number of nitrogens with zero attached hydrogens (tertiary/aromatic N) is 2. The number of imide groups is 1. The molecule has 0 radical (unpaired) electrons. The first-order valence-corrected chi connectivity index (χ1v) is 12.5. The Kier molecular flexibility index (Phi) is 8.00. The van der Waals surface area contributed by atoms with Crippen molar-refractivity contribution in [3.05, 3.63) is 63.0 Å². The second-order valence-electron chi connectivity index (χ2n) is 7.48. The van der Waals surface area contributed by atoms with Crippen molar-refractivity contribution in [1.29, 1.82) is 0 Å². The maximum Gasteiger partial charge on any atom is 0.346 e. The number of hydrogen-bond acceptors (Lipinski definition) is 11. The van der Waals surface area contributed by atoms with Crippen molar-refractivity contribution < 1.29 is 41.4 Å². The fourth-order valence-electron chi connectivity index (χ4n) is 3.04. The molecule has 0 bridgehead atoms. The van der Waals surface area contributed by atoms with E-state index in [4.69, 9.17) is 13.7 Å². The molecule has 12 nitrogen and oxygen atoms in total. The van der Waals surface area contributed by atoms with Crippen LogP contribution in [0.2, 0.25) is 0 Å². The number of hydrogen-bond donors (Lipinski definition) is 0. The number of amides is 2. The molecule has 0 aromatic heterocycles. The number of rotatable bonds is 9. The van der Waals surface area contributed by atoms with Crippen molar-refractivity contribution in [2.45, 2.75) is 24.8 Å². The Morgan fingerprint density at radius 3 is 2.50 bits per heavy atom. The number of carbonyl (C=O) groups excluding carboxylic acids is 3. The van der Waals surface area contributed by atoms with Gasteiger partial charge in [0.2, 0.25) is 0 Å². The maximum absolute atomic E-state index is 12.7. The van der Waals surface area contributed by atoms with Gasteiger partial charge in [0.1, 0.15) is 6.54 Å². The van der Waals surface area contributed by atoms with E-state index < -0.39 is 55.4 Å². The van der Waals surface area contributed by atoms with Gasteiger partial charge in [-0.3, -0.25) is 29.4 Å². The predicted molar refractivity (Wildman–Crippen MR) is 128 cm³/mol. The van der Waals surface area contributed by atoms with Crippen LogP contribution in [-0.4, -0.2) is 55.1 Å². The average molecular weight is 537 g/mol. The third-order valence-electron chi connectivity index (χ3n) is 4.54. The van der Waals surface area contributed by atoms with Crippen LogP contribution in [0.25, 0.3) is 6.08 Å². The lowest BCUT2D eigenvalue weighted by Gasteiger charge is -2.13. The normalized spacial score (nSPS) is 14.9. The van der Waals surface area contributed by atoms with Crippen LogP contribution in [0.1, 0.15) is 19.4 Å². The van der Waals surface area contributed by atoms with Crippen LogP contribution in [0.5, 0.6) is 11.5 Å². The largest absolute Gasteiger partial charge is 0.493 e. The summed E-state index contributed by atoms with van der Waals surface area (Å²) in [5.41, 5.74) is -0.293. The highest BCUT2D eigenvalue weighted by atomic mass is 32.2. The van der Waals surface area contributed by atoms with Gasteiger partial charge in [-0.1, -0.05) is 18.2 Å². The summed E-state index contributed by atoms with van der Waals surface area (Å²) in [5, 5.41) is 10.6. The molecule has 0 spiro atoms. The summed E-state index contributed by atoms with van der Waals surface area (Å²) in [6.07, 6.45) is 0.958. The molecule has 1 fully saturated rings. The fourth-order valence-corrected chi connectivity index (χ4v) is 4.99. The van der Waals surface area contributed by atoms with Gasteiger partial charge in [0, 0.05) is 6.07 Å². The highest BCUT2D eigenvalue weighted by Crippen LogP contribution is 2.36. The SMILES string of the molecule is COc1cc(/C=C2\SC(=O)N(CC(=O)OC(C)C)C2=O)ccc1OS(=O)(=O)c1ccccc1[N+](=O)[O-]. The zero-order chi connectivity index (χ0) is 26.6. The summed E-state index contributed by atoms with van der Waals surface area (Å²) < 4.78 is 40.7. The summed E-state index contributed by atoms with van der Waals surface area (Å²) in [6.45, 7) is 2.75. The summed E-state index contributed by atoms with van der Waals surface area (Å²) in [6, 6.07) is 8.70. The lowest BCUT2D eigenvalue weighted by molar-refractivity contribution is -0.387. The van der Waals surface area contributed by atoms with Crippen LogP contribution in [0.4, 0.5) is 10.5 Å². The molecule has 2 aromatic carbocycles. The van der Waals surface area contributed by atoms with E-state index in [1.54, 1.807) is 13.8 Å². The Morgan fingerprint density at radius 2 is 1.86 bits per heavy atom. The van der Waals surface area contributed by atoms with Crippen LogP contribution in [0.15, 0.2) is 52.3 Å². The van der Waals surface area contributed by atoms with Crippen LogP contribution in [-0.2, 0) is 24.4 Å². The number of nitro groups is 1. The van der Waals surface area contributed by atoms with Gasteiger partial charge in [-0.25, -0.2) is 0 Å². The molecule has 14 heteroatoms. The number of carbonyl (C=O) groups is 3. The van der Waals surface area contributed by atoms with E-state index in [1.165, 1.54) is 43.5 Å². The van der Waals surface area contributed by atoms with E-state index in [1.807, 2.05) is 0 Å². The minimum Gasteiger partial charge on any atom is -0.493 e.